The third-order valence-corrected chi connectivity index (χ3v) is 5.61. The van der Waals surface area contributed by atoms with E-state index in [0.29, 0.717) is 11.7 Å². The van der Waals surface area contributed by atoms with E-state index in [1.165, 1.54) is 49.1 Å². The van der Waals surface area contributed by atoms with Crippen molar-refractivity contribution in [1.29, 1.82) is 0 Å². The second-order valence-corrected chi connectivity index (χ2v) is 8.00. The number of anilines is 1. The number of rotatable bonds is 7. The van der Waals surface area contributed by atoms with E-state index in [1.54, 1.807) is 6.92 Å². The fraction of sp³-hybridized carbons (Fsp3) is 0.391. The zero-order valence-electron chi connectivity index (χ0n) is 17.8. The molecular formula is C23H28N4O4. The fourth-order valence-electron chi connectivity index (χ4n) is 3.68. The minimum atomic E-state index is -0.805. The van der Waals surface area contributed by atoms with Gasteiger partial charge < -0.3 is 10.6 Å². The van der Waals surface area contributed by atoms with Crippen molar-refractivity contribution in [3.05, 3.63) is 69.8 Å². The number of hydrogen-bond donors (Lipinski definition) is 2. The highest BCUT2D eigenvalue weighted by Gasteiger charge is 2.20. The topological polar surface area (TPSA) is 105 Å². The number of non-ortho nitro benzene ring substituents is 1. The molecule has 3 rings (SSSR count). The second kappa shape index (κ2) is 10.2. The van der Waals surface area contributed by atoms with Crippen LogP contribution in [0.1, 0.15) is 49.0 Å². The Morgan fingerprint density at radius 1 is 1.19 bits per heavy atom. The molecule has 2 amide bonds. The molecule has 8 nitrogen and oxygen atoms in total. The van der Waals surface area contributed by atoms with Gasteiger partial charge >= 0.3 is 0 Å². The molecular weight excluding hydrogens is 396 g/mol. The van der Waals surface area contributed by atoms with Crippen LogP contribution < -0.4 is 10.6 Å². The van der Waals surface area contributed by atoms with Crippen molar-refractivity contribution >= 4 is 23.2 Å². The van der Waals surface area contributed by atoms with Crippen LogP contribution in [0.5, 0.6) is 0 Å². The van der Waals surface area contributed by atoms with Crippen molar-refractivity contribution in [1.82, 2.24) is 10.2 Å². The maximum atomic E-state index is 12.5. The number of hydrogen-bond acceptors (Lipinski definition) is 5. The van der Waals surface area contributed by atoms with Gasteiger partial charge in [-0.3, -0.25) is 24.6 Å². The summed E-state index contributed by atoms with van der Waals surface area (Å²) in [5, 5.41) is 16.2. The number of likely N-dealkylation sites (tertiary alicyclic amines) is 1. The first-order valence-corrected chi connectivity index (χ1v) is 10.5. The van der Waals surface area contributed by atoms with Gasteiger partial charge in [-0.25, -0.2) is 0 Å². The summed E-state index contributed by atoms with van der Waals surface area (Å²) in [5.74, 6) is -0.909. The number of nitrogens with zero attached hydrogens (tertiary/aromatic N) is 2. The molecule has 1 heterocycles. The van der Waals surface area contributed by atoms with Gasteiger partial charge in [0.05, 0.1) is 4.92 Å². The first kappa shape index (κ1) is 22.4. The summed E-state index contributed by atoms with van der Waals surface area (Å²) in [6.45, 7) is 5.83. The van der Waals surface area contributed by atoms with Gasteiger partial charge in [-0.05, 0) is 57.0 Å². The van der Waals surface area contributed by atoms with Crippen molar-refractivity contribution in [2.45, 2.75) is 51.7 Å². The predicted molar refractivity (Wildman–Crippen MR) is 119 cm³/mol. The quantitative estimate of drug-likeness (QED) is 0.521. The molecule has 31 heavy (non-hydrogen) atoms. The minimum absolute atomic E-state index is 0.130. The van der Waals surface area contributed by atoms with E-state index in [0.717, 1.165) is 13.1 Å². The third kappa shape index (κ3) is 6.11. The van der Waals surface area contributed by atoms with Crippen molar-refractivity contribution < 1.29 is 14.5 Å². The van der Waals surface area contributed by atoms with Gasteiger partial charge in [0.25, 0.3) is 11.6 Å². The Balaban J connectivity index is 1.53. The lowest BCUT2D eigenvalue weighted by atomic mass is 10.0. The third-order valence-electron chi connectivity index (χ3n) is 5.61. The summed E-state index contributed by atoms with van der Waals surface area (Å²) in [6.07, 6.45) is 3.75. The lowest BCUT2D eigenvalue weighted by Gasteiger charge is -2.33. The van der Waals surface area contributed by atoms with Crippen LogP contribution in [-0.2, 0) is 11.3 Å². The number of benzene rings is 2. The van der Waals surface area contributed by atoms with Crippen LogP contribution in [0.3, 0.4) is 0 Å². The van der Waals surface area contributed by atoms with E-state index in [2.05, 4.69) is 22.5 Å². The largest absolute Gasteiger partial charge is 0.341 e. The van der Waals surface area contributed by atoms with Gasteiger partial charge in [0, 0.05) is 36.0 Å². The van der Waals surface area contributed by atoms with Crippen LogP contribution >= 0.6 is 0 Å². The van der Waals surface area contributed by atoms with E-state index in [-0.39, 0.29) is 17.2 Å². The van der Waals surface area contributed by atoms with Crippen LogP contribution in [0.2, 0.25) is 0 Å². The van der Waals surface area contributed by atoms with Crippen LogP contribution in [0.25, 0.3) is 0 Å². The Hall–Kier alpha value is -3.26. The molecule has 1 saturated heterocycles. The first-order chi connectivity index (χ1) is 14.8. The van der Waals surface area contributed by atoms with Crippen molar-refractivity contribution in [2.75, 3.05) is 11.9 Å². The molecule has 1 aliphatic rings. The molecule has 0 radical (unpaired) electrons. The molecule has 164 valence electrons. The Morgan fingerprint density at radius 3 is 2.61 bits per heavy atom. The Kier molecular flexibility index (Phi) is 7.36. The van der Waals surface area contributed by atoms with E-state index < -0.39 is 16.9 Å². The Labute approximate surface area is 181 Å². The number of piperidine rings is 1. The molecule has 0 aromatic heterocycles. The zero-order chi connectivity index (χ0) is 22.4. The molecule has 0 bridgehead atoms. The molecule has 2 atom stereocenters. The molecule has 1 aliphatic heterocycles. The van der Waals surface area contributed by atoms with E-state index >= 15 is 0 Å². The predicted octanol–water partition coefficient (Wildman–Crippen LogP) is 3.73. The molecule has 0 saturated carbocycles. The lowest BCUT2D eigenvalue weighted by molar-refractivity contribution is -0.384. The van der Waals surface area contributed by atoms with Crippen LogP contribution in [-0.4, -0.2) is 40.3 Å². The molecule has 1 fully saturated rings. The summed E-state index contributed by atoms with van der Waals surface area (Å²) in [7, 11) is 0. The van der Waals surface area contributed by atoms with Gasteiger partial charge in [0.1, 0.15) is 6.04 Å². The molecule has 0 aliphatic carbocycles. The summed E-state index contributed by atoms with van der Waals surface area (Å²) in [4.78, 5) is 37.6. The van der Waals surface area contributed by atoms with Gasteiger partial charge in [0.2, 0.25) is 5.91 Å². The minimum Gasteiger partial charge on any atom is -0.341 e. The number of carbonyl (C=O) groups is 2. The van der Waals surface area contributed by atoms with E-state index in [1.807, 2.05) is 24.3 Å². The SMILES string of the molecule is CC(NC(=O)c1cccc([N+](=O)[O-])c1)C(=O)Nc1ccc(CN2CCCCC2C)cc1. The van der Waals surface area contributed by atoms with E-state index in [4.69, 9.17) is 0 Å². The summed E-state index contributed by atoms with van der Waals surface area (Å²) in [6, 6.07) is 12.9. The van der Waals surface area contributed by atoms with Crippen LogP contribution in [0.4, 0.5) is 11.4 Å². The Bertz CT molecular complexity index is 945. The molecule has 0 spiro atoms. The van der Waals surface area contributed by atoms with Crippen molar-refractivity contribution in [3.8, 4) is 0 Å². The molecule has 2 aromatic carbocycles. The Morgan fingerprint density at radius 2 is 1.94 bits per heavy atom. The average molecular weight is 425 g/mol. The average Bonchev–Trinajstić information content (AvgIpc) is 2.76. The molecule has 2 aromatic rings. The maximum absolute atomic E-state index is 12.5. The highest BCUT2D eigenvalue weighted by Crippen LogP contribution is 2.20. The van der Waals surface area contributed by atoms with Crippen molar-refractivity contribution in [3.63, 3.8) is 0 Å². The first-order valence-electron chi connectivity index (χ1n) is 10.5. The zero-order valence-corrected chi connectivity index (χ0v) is 17.8. The fourth-order valence-corrected chi connectivity index (χ4v) is 3.68. The maximum Gasteiger partial charge on any atom is 0.270 e. The normalized spacial score (nSPS) is 17.5. The van der Waals surface area contributed by atoms with Gasteiger partial charge in [0.15, 0.2) is 0 Å². The lowest BCUT2D eigenvalue weighted by Crippen LogP contribution is -2.41. The number of nitro groups is 1. The summed E-state index contributed by atoms with van der Waals surface area (Å²) in [5.41, 5.74) is 1.80. The van der Waals surface area contributed by atoms with Crippen LogP contribution in [0, 0.1) is 10.1 Å². The molecule has 2 unspecified atom stereocenters. The summed E-state index contributed by atoms with van der Waals surface area (Å²) < 4.78 is 0. The molecule has 2 N–H and O–H groups in total. The van der Waals surface area contributed by atoms with Gasteiger partial charge in [-0.1, -0.05) is 24.6 Å². The standard InChI is InChI=1S/C23H28N4O4/c1-16-6-3-4-13-26(16)15-18-9-11-20(12-10-18)25-22(28)17(2)24-23(29)19-7-5-8-21(14-19)27(30)31/h5,7-12,14,16-17H,3-4,6,13,15H2,1-2H3,(H,24,29)(H,25,28). The van der Waals surface area contributed by atoms with Crippen molar-refractivity contribution in [2.24, 2.45) is 0 Å². The summed E-state index contributed by atoms with van der Waals surface area (Å²) >= 11 is 0. The van der Waals surface area contributed by atoms with E-state index in [9.17, 15) is 19.7 Å². The second-order valence-electron chi connectivity index (χ2n) is 8.00. The molecule has 8 heteroatoms. The smallest absolute Gasteiger partial charge is 0.270 e. The monoisotopic (exact) mass is 424 g/mol. The van der Waals surface area contributed by atoms with Gasteiger partial charge in [-0.2, -0.15) is 0 Å². The highest BCUT2D eigenvalue weighted by atomic mass is 16.6. The van der Waals surface area contributed by atoms with Crippen LogP contribution in [0.15, 0.2) is 48.5 Å². The van der Waals surface area contributed by atoms with Gasteiger partial charge in [-0.15, -0.1) is 0 Å². The number of carbonyl (C=O) groups excluding carboxylic acids is 2. The number of nitro benzene ring substituents is 1. The number of nitrogens with one attached hydrogen (secondary N) is 2. The highest BCUT2D eigenvalue weighted by molar-refractivity contribution is 6.01. The number of amides is 2.